The Kier molecular flexibility index (Phi) is 4.87. The normalized spacial score (nSPS) is 18.6. The number of hydrogen-bond acceptors (Lipinski definition) is 3. The molecule has 1 atom stereocenters. The first-order valence-corrected chi connectivity index (χ1v) is 9.52. The van der Waals surface area contributed by atoms with Crippen LogP contribution in [-0.4, -0.2) is 27.5 Å². The minimum Gasteiger partial charge on any atom is -0.368 e. The lowest BCUT2D eigenvalue weighted by molar-refractivity contribution is 0.461. The second-order valence-corrected chi connectivity index (χ2v) is 7.89. The third kappa shape index (κ3) is 3.76. The van der Waals surface area contributed by atoms with E-state index in [0.717, 1.165) is 24.9 Å². The van der Waals surface area contributed by atoms with Crippen molar-refractivity contribution < 1.29 is 12.8 Å². The highest BCUT2D eigenvalue weighted by Crippen LogP contribution is 2.25. The molecular weight excluding hydrogens is 327 g/mol. The van der Waals surface area contributed by atoms with Gasteiger partial charge >= 0.3 is 0 Å². The maximum absolute atomic E-state index is 14.1. The van der Waals surface area contributed by atoms with E-state index in [4.69, 9.17) is 0 Å². The molecule has 0 aliphatic carbocycles. The van der Waals surface area contributed by atoms with Crippen molar-refractivity contribution in [2.45, 2.75) is 30.7 Å². The van der Waals surface area contributed by atoms with E-state index >= 15 is 0 Å². The van der Waals surface area contributed by atoms with Gasteiger partial charge in [-0.15, -0.1) is 0 Å². The molecule has 2 aromatic rings. The number of sulfonamides is 1. The zero-order chi connectivity index (χ0) is 17.2. The Hall–Kier alpha value is -1.92. The van der Waals surface area contributed by atoms with Crippen LogP contribution in [0.3, 0.4) is 0 Å². The fraction of sp³-hybridized carbons (Fsp3) is 0.333. The average molecular weight is 348 g/mol. The van der Waals surface area contributed by atoms with Gasteiger partial charge in [-0.1, -0.05) is 24.3 Å². The van der Waals surface area contributed by atoms with Crippen LogP contribution < -0.4 is 9.62 Å². The molecule has 1 N–H and O–H groups in total. The first-order chi connectivity index (χ1) is 11.5. The number of benzene rings is 2. The fourth-order valence-corrected chi connectivity index (χ4v) is 4.33. The van der Waals surface area contributed by atoms with Crippen LogP contribution in [0.4, 0.5) is 10.1 Å². The van der Waals surface area contributed by atoms with E-state index in [1.165, 1.54) is 6.07 Å². The fourth-order valence-electron chi connectivity index (χ4n) is 3.04. The highest BCUT2D eigenvalue weighted by atomic mass is 32.2. The summed E-state index contributed by atoms with van der Waals surface area (Å²) in [6, 6.07) is 13.1. The Balaban J connectivity index is 1.75. The molecule has 0 amide bonds. The summed E-state index contributed by atoms with van der Waals surface area (Å²) in [4.78, 5) is 2.17. The van der Waals surface area contributed by atoms with Gasteiger partial charge in [-0.2, -0.15) is 0 Å². The van der Waals surface area contributed by atoms with Gasteiger partial charge in [-0.25, -0.2) is 17.5 Å². The first-order valence-electron chi connectivity index (χ1n) is 8.04. The Bertz CT molecular complexity index is 809. The third-order valence-electron chi connectivity index (χ3n) is 4.24. The van der Waals surface area contributed by atoms with E-state index in [9.17, 15) is 12.8 Å². The van der Waals surface area contributed by atoms with Crippen LogP contribution in [0.5, 0.6) is 0 Å². The molecule has 1 fully saturated rings. The van der Waals surface area contributed by atoms with Gasteiger partial charge in [0.1, 0.15) is 5.82 Å². The highest BCUT2D eigenvalue weighted by molar-refractivity contribution is 7.89. The lowest BCUT2D eigenvalue weighted by Gasteiger charge is -2.35. The van der Waals surface area contributed by atoms with Gasteiger partial charge in [0.2, 0.25) is 10.0 Å². The van der Waals surface area contributed by atoms with Crippen molar-refractivity contribution in [3.05, 3.63) is 59.9 Å². The van der Waals surface area contributed by atoms with Crippen molar-refractivity contribution in [1.29, 1.82) is 0 Å². The minimum atomic E-state index is -3.55. The molecule has 24 heavy (non-hydrogen) atoms. The van der Waals surface area contributed by atoms with E-state index < -0.39 is 10.0 Å². The molecule has 6 heteroatoms. The van der Waals surface area contributed by atoms with E-state index in [1.807, 2.05) is 17.9 Å². The molecule has 2 aromatic carbocycles. The largest absolute Gasteiger partial charge is 0.368 e. The smallest absolute Gasteiger partial charge is 0.240 e. The van der Waals surface area contributed by atoms with Gasteiger partial charge in [-0.3, -0.25) is 0 Å². The van der Waals surface area contributed by atoms with Gasteiger partial charge in [0.15, 0.2) is 0 Å². The molecule has 0 saturated carbocycles. The summed E-state index contributed by atoms with van der Waals surface area (Å²) in [7, 11) is -3.55. The van der Waals surface area contributed by atoms with E-state index in [0.29, 0.717) is 12.2 Å². The molecule has 1 saturated heterocycles. The van der Waals surface area contributed by atoms with Crippen LogP contribution in [-0.2, 0) is 10.0 Å². The SMILES string of the molecule is Cc1ccc(F)c(N2CCCC(NS(=O)(=O)c3ccccc3)C2)c1. The van der Waals surface area contributed by atoms with Crippen molar-refractivity contribution in [1.82, 2.24) is 4.72 Å². The summed E-state index contributed by atoms with van der Waals surface area (Å²) < 4.78 is 41.8. The molecule has 1 aliphatic heterocycles. The lowest BCUT2D eigenvalue weighted by atomic mass is 10.1. The summed E-state index contributed by atoms with van der Waals surface area (Å²) >= 11 is 0. The zero-order valence-corrected chi connectivity index (χ0v) is 14.4. The molecular formula is C18H21FN2O2S. The maximum Gasteiger partial charge on any atom is 0.240 e. The molecule has 1 aliphatic rings. The summed E-state index contributed by atoms with van der Waals surface area (Å²) in [5, 5.41) is 0. The maximum atomic E-state index is 14.1. The molecule has 0 spiro atoms. The Labute approximate surface area is 142 Å². The predicted molar refractivity (Wildman–Crippen MR) is 93.1 cm³/mol. The summed E-state index contributed by atoms with van der Waals surface area (Å²) in [6.07, 6.45) is 1.56. The zero-order valence-electron chi connectivity index (χ0n) is 13.6. The second-order valence-electron chi connectivity index (χ2n) is 6.17. The number of halogens is 1. The van der Waals surface area contributed by atoms with Crippen LogP contribution in [0, 0.1) is 12.7 Å². The van der Waals surface area contributed by atoms with Crippen molar-refractivity contribution in [3.63, 3.8) is 0 Å². The number of hydrogen-bond donors (Lipinski definition) is 1. The Morgan fingerprint density at radius 3 is 2.67 bits per heavy atom. The average Bonchev–Trinajstić information content (AvgIpc) is 2.58. The number of rotatable bonds is 4. The molecule has 4 nitrogen and oxygen atoms in total. The summed E-state index contributed by atoms with van der Waals surface area (Å²) in [6.45, 7) is 3.11. The van der Waals surface area contributed by atoms with E-state index in [-0.39, 0.29) is 16.8 Å². The van der Waals surface area contributed by atoms with Gasteiger partial charge < -0.3 is 4.90 Å². The van der Waals surface area contributed by atoms with Gasteiger partial charge in [0.25, 0.3) is 0 Å². The van der Waals surface area contributed by atoms with Gasteiger partial charge in [0.05, 0.1) is 10.6 Å². The molecule has 128 valence electrons. The van der Waals surface area contributed by atoms with Crippen LogP contribution >= 0.6 is 0 Å². The first kappa shape index (κ1) is 16.9. The Morgan fingerprint density at radius 1 is 1.17 bits per heavy atom. The van der Waals surface area contributed by atoms with Crippen molar-refractivity contribution in [3.8, 4) is 0 Å². The van der Waals surface area contributed by atoms with E-state index in [2.05, 4.69) is 4.72 Å². The summed E-state index contributed by atoms with van der Waals surface area (Å²) in [5.41, 5.74) is 1.52. The lowest BCUT2D eigenvalue weighted by Crippen LogP contribution is -2.48. The van der Waals surface area contributed by atoms with Crippen molar-refractivity contribution in [2.24, 2.45) is 0 Å². The second kappa shape index (κ2) is 6.91. The summed E-state index contributed by atoms with van der Waals surface area (Å²) in [5.74, 6) is -0.271. The van der Waals surface area contributed by atoms with Crippen molar-refractivity contribution in [2.75, 3.05) is 18.0 Å². The van der Waals surface area contributed by atoms with Gasteiger partial charge in [0, 0.05) is 19.1 Å². The highest BCUT2D eigenvalue weighted by Gasteiger charge is 2.26. The van der Waals surface area contributed by atoms with Gasteiger partial charge in [-0.05, 0) is 49.6 Å². The van der Waals surface area contributed by atoms with Crippen LogP contribution in [0.25, 0.3) is 0 Å². The monoisotopic (exact) mass is 348 g/mol. The number of nitrogens with one attached hydrogen (secondary N) is 1. The third-order valence-corrected chi connectivity index (χ3v) is 5.78. The van der Waals surface area contributed by atoms with E-state index in [1.54, 1.807) is 36.4 Å². The standard InChI is InChI=1S/C18H21FN2O2S/c1-14-9-10-17(19)18(12-14)21-11-5-6-15(13-21)20-24(22,23)16-7-3-2-4-8-16/h2-4,7-10,12,15,20H,5-6,11,13H2,1H3. The molecule has 0 bridgehead atoms. The number of piperidine rings is 1. The molecule has 0 radical (unpaired) electrons. The van der Waals surface area contributed by atoms with Crippen molar-refractivity contribution >= 4 is 15.7 Å². The Morgan fingerprint density at radius 2 is 1.92 bits per heavy atom. The quantitative estimate of drug-likeness (QED) is 0.924. The molecule has 0 aromatic heterocycles. The van der Waals surface area contributed by atoms with Crippen LogP contribution in [0.15, 0.2) is 53.4 Å². The van der Waals surface area contributed by atoms with Crippen LogP contribution in [0.1, 0.15) is 18.4 Å². The number of anilines is 1. The van der Waals surface area contributed by atoms with Crippen LogP contribution in [0.2, 0.25) is 0 Å². The molecule has 1 heterocycles. The molecule has 1 unspecified atom stereocenters. The minimum absolute atomic E-state index is 0.233. The predicted octanol–water partition coefficient (Wildman–Crippen LogP) is 3.08. The number of aryl methyl sites for hydroxylation is 1. The number of nitrogens with zero attached hydrogens (tertiary/aromatic N) is 1. The molecule has 3 rings (SSSR count). The topological polar surface area (TPSA) is 49.4 Å².